The second kappa shape index (κ2) is 4.61. The Morgan fingerprint density at radius 1 is 1.42 bits per heavy atom. The summed E-state index contributed by atoms with van der Waals surface area (Å²) in [5, 5.41) is 7.53. The molecule has 0 aliphatic carbocycles. The summed E-state index contributed by atoms with van der Waals surface area (Å²) < 4.78 is 4.94. The number of fused-ring (bicyclic) bond motifs is 1. The van der Waals surface area contributed by atoms with E-state index in [1.54, 1.807) is 6.20 Å². The van der Waals surface area contributed by atoms with E-state index in [1.807, 2.05) is 37.3 Å². The number of hydrogen-bond acceptors (Lipinski definition) is 3. The molecule has 0 bridgehead atoms. The van der Waals surface area contributed by atoms with Crippen molar-refractivity contribution in [3.63, 3.8) is 0 Å². The molecule has 0 radical (unpaired) electrons. The topological polar surface area (TPSA) is 70.9 Å². The summed E-state index contributed by atoms with van der Waals surface area (Å²) in [5.41, 5.74) is 2.38. The van der Waals surface area contributed by atoms with E-state index < -0.39 is 0 Å². The zero-order chi connectivity index (χ0) is 13.2. The zero-order valence-corrected chi connectivity index (χ0v) is 10.4. The third kappa shape index (κ3) is 2.22. The van der Waals surface area contributed by atoms with Gasteiger partial charge in [0.1, 0.15) is 11.5 Å². The Morgan fingerprint density at radius 2 is 2.26 bits per heavy atom. The van der Waals surface area contributed by atoms with Gasteiger partial charge in [-0.15, -0.1) is 0 Å². The number of carbonyl (C=O) groups is 1. The molecule has 0 saturated carbocycles. The van der Waals surface area contributed by atoms with Gasteiger partial charge in [0.15, 0.2) is 0 Å². The Labute approximate surface area is 109 Å². The fourth-order valence-electron chi connectivity index (χ4n) is 1.96. The van der Waals surface area contributed by atoms with Crippen LogP contribution < -0.4 is 5.32 Å². The van der Waals surface area contributed by atoms with Crippen molar-refractivity contribution in [1.29, 1.82) is 0 Å². The van der Waals surface area contributed by atoms with Crippen LogP contribution in [0.25, 0.3) is 10.9 Å². The highest BCUT2D eigenvalue weighted by molar-refractivity contribution is 5.97. The molecule has 0 atom stereocenters. The number of aromatic amines is 1. The molecule has 19 heavy (non-hydrogen) atoms. The first kappa shape index (κ1) is 11.5. The van der Waals surface area contributed by atoms with E-state index in [2.05, 4.69) is 15.5 Å². The molecule has 2 heterocycles. The van der Waals surface area contributed by atoms with E-state index in [-0.39, 0.29) is 5.91 Å². The van der Waals surface area contributed by atoms with Crippen LogP contribution in [-0.4, -0.2) is 16.0 Å². The molecule has 3 rings (SSSR count). The van der Waals surface area contributed by atoms with E-state index in [1.165, 1.54) is 0 Å². The zero-order valence-electron chi connectivity index (χ0n) is 10.4. The molecule has 3 aromatic rings. The largest absolute Gasteiger partial charge is 0.361 e. The molecule has 2 N–H and O–H groups in total. The lowest BCUT2D eigenvalue weighted by atomic mass is 10.2. The van der Waals surface area contributed by atoms with Crippen molar-refractivity contribution in [1.82, 2.24) is 15.5 Å². The van der Waals surface area contributed by atoms with Crippen molar-refractivity contribution in [2.45, 2.75) is 13.5 Å². The highest BCUT2D eigenvalue weighted by Crippen LogP contribution is 2.14. The maximum atomic E-state index is 12.0. The Balaban J connectivity index is 1.75. The van der Waals surface area contributed by atoms with Crippen LogP contribution >= 0.6 is 0 Å². The van der Waals surface area contributed by atoms with Gasteiger partial charge in [-0.1, -0.05) is 23.4 Å². The third-order valence-electron chi connectivity index (χ3n) is 3.06. The highest BCUT2D eigenvalue weighted by atomic mass is 16.5. The third-order valence-corrected chi connectivity index (χ3v) is 3.06. The van der Waals surface area contributed by atoms with Crippen LogP contribution in [0.5, 0.6) is 0 Å². The smallest absolute Gasteiger partial charge is 0.267 e. The first-order valence-electron chi connectivity index (χ1n) is 6.00. The van der Waals surface area contributed by atoms with E-state index in [0.717, 1.165) is 22.2 Å². The van der Waals surface area contributed by atoms with E-state index in [4.69, 9.17) is 4.52 Å². The number of benzene rings is 1. The van der Waals surface area contributed by atoms with Crippen molar-refractivity contribution in [3.05, 3.63) is 53.5 Å². The second-order valence-electron chi connectivity index (χ2n) is 4.36. The number of rotatable bonds is 3. The molecule has 0 fully saturated rings. The molecule has 1 amide bonds. The van der Waals surface area contributed by atoms with Crippen LogP contribution in [0.15, 0.2) is 41.1 Å². The highest BCUT2D eigenvalue weighted by Gasteiger charge is 2.10. The van der Waals surface area contributed by atoms with Gasteiger partial charge >= 0.3 is 0 Å². The second-order valence-corrected chi connectivity index (χ2v) is 4.36. The molecule has 0 aliphatic rings. The molecule has 0 aliphatic heterocycles. The molecule has 0 saturated heterocycles. The van der Waals surface area contributed by atoms with Gasteiger partial charge in [0, 0.05) is 23.0 Å². The molecular formula is C14H13N3O2. The van der Waals surface area contributed by atoms with E-state index in [9.17, 15) is 4.79 Å². The van der Waals surface area contributed by atoms with Gasteiger partial charge in [-0.05, 0) is 19.1 Å². The van der Waals surface area contributed by atoms with Gasteiger partial charge < -0.3 is 14.8 Å². The average molecular weight is 255 g/mol. The number of para-hydroxylation sites is 1. The minimum absolute atomic E-state index is 0.142. The molecule has 5 nitrogen and oxygen atoms in total. The maximum absolute atomic E-state index is 12.0. The quantitative estimate of drug-likeness (QED) is 0.755. The summed E-state index contributed by atoms with van der Waals surface area (Å²) in [6, 6.07) is 9.62. The maximum Gasteiger partial charge on any atom is 0.267 e. The normalized spacial score (nSPS) is 10.8. The van der Waals surface area contributed by atoms with Crippen molar-refractivity contribution in [2.75, 3.05) is 0 Å². The molecule has 1 aromatic carbocycles. The minimum Gasteiger partial charge on any atom is -0.361 e. The number of nitrogens with one attached hydrogen (secondary N) is 2. The monoisotopic (exact) mass is 255 g/mol. The number of nitrogens with zero attached hydrogens (tertiary/aromatic N) is 1. The summed E-state index contributed by atoms with van der Waals surface area (Å²) in [5.74, 6) is 0.578. The molecular weight excluding hydrogens is 242 g/mol. The summed E-state index contributed by atoms with van der Waals surface area (Å²) in [6.45, 7) is 2.22. The van der Waals surface area contributed by atoms with Crippen molar-refractivity contribution in [2.24, 2.45) is 0 Å². The predicted octanol–water partition coefficient (Wildman–Crippen LogP) is 2.39. The van der Waals surface area contributed by atoms with Gasteiger partial charge in [0.2, 0.25) is 0 Å². The standard InChI is InChI=1S/C14H13N3O2/c1-9-11(8-16-19-9)7-15-14(18)13-6-10-4-2-3-5-12(10)17-13/h2-6,8,17H,7H2,1H3,(H,15,18). The number of hydrogen-bond donors (Lipinski definition) is 2. The van der Waals surface area contributed by atoms with Crippen LogP contribution in [0.3, 0.4) is 0 Å². The van der Waals surface area contributed by atoms with E-state index >= 15 is 0 Å². The Hall–Kier alpha value is -2.56. The fraction of sp³-hybridized carbons (Fsp3) is 0.143. The number of H-pyrrole nitrogens is 1. The first-order valence-corrected chi connectivity index (χ1v) is 6.00. The van der Waals surface area contributed by atoms with Crippen LogP contribution in [0, 0.1) is 6.92 Å². The fourth-order valence-corrected chi connectivity index (χ4v) is 1.96. The van der Waals surface area contributed by atoms with Crippen LogP contribution in [0.1, 0.15) is 21.8 Å². The minimum atomic E-state index is -0.142. The average Bonchev–Trinajstić information content (AvgIpc) is 3.01. The van der Waals surface area contributed by atoms with Crippen molar-refractivity contribution < 1.29 is 9.32 Å². The Kier molecular flexibility index (Phi) is 2.79. The Morgan fingerprint density at radius 3 is 3.00 bits per heavy atom. The lowest BCUT2D eigenvalue weighted by Crippen LogP contribution is -2.23. The molecule has 96 valence electrons. The van der Waals surface area contributed by atoms with Crippen LogP contribution in [0.2, 0.25) is 0 Å². The lowest BCUT2D eigenvalue weighted by molar-refractivity contribution is 0.0946. The van der Waals surface area contributed by atoms with Crippen LogP contribution in [0.4, 0.5) is 0 Å². The molecule has 0 spiro atoms. The van der Waals surface area contributed by atoms with Gasteiger partial charge in [-0.2, -0.15) is 0 Å². The van der Waals surface area contributed by atoms with Crippen molar-refractivity contribution >= 4 is 16.8 Å². The molecule has 5 heteroatoms. The molecule has 0 unspecified atom stereocenters. The SMILES string of the molecule is Cc1oncc1CNC(=O)c1cc2ccccc2[nH]1. The summed E-state index contributed by atoms with van der Waals surface area (Å²) in [4.78, 5) is 15.1. The number of aryl methyl sites for hydroxylation is 1. The number of carbonyl (C=O) groups excluding carboxylic acids is 1. The summed E-state index contributed by atoms with van der Waals surface area (Å²) >= 11 is 0. The Bertz CT molecular complexity index is 694. The molecule has 2 aromatic heterocycles. The summed E-state index contributed by atoms with van der Waals surface area (Å²) in [6.07, 6.45) is 1.61. The van der Waals surface area contributed by atoms with Gasteiger partial charge in [-0.25, -0.2) is 0 Å². The van der Waals surface area contributed by atoms with Crippen molar-refractivity contribution in [3.8, 4) is 0 Å². The predicted molar refractivity (Wildman–Crippen MR) is 70.7 cm³/mol. The van der Waals surface area contributed by atoms with Gasteiger partial charge in [0.05, 0.1) is 6.20 Å². The lowest BCUT2D eigenvalue weighted by Gasteiger charge is -2.01. The van der Waals surface area contributed by atoms with Crippen LogP contribution in [-0.2, 0) is 6.54 Å². The number of amides is 1. The number of aromatic nitrogens is 2. The van der Waals surface area contributed by atoms with Gasteiger partial charge in [0.25, 0.3) is 5.91 Å². The summed E-state index contributed by atoms with van der Waals surface area (Å²) in [7, 11) is 0. The first-order chi connectivity index (χ1) is 9.24. The van der Waals surface area contributed by atoms with E-state index in [0.29, 0.717) is 12.2 Å². The van der Waals surface area contributed by atoms with Gasteiger partial charge in [-0.3, -0.25) is 4.79 Å².